The van der Waals surface area contributed by atoms with Crippen molar-refractivity contribution < 1.29 is 19.1 Å². The molecule has 27 heavy (non-hydrogen) atoms. The smallest absolute Gasteiger partial charge is 0.338 e. The standard InChI is InChI=1S/C22H19O4P/c1-25-21(23)17-12-6-8-14-19(17)27(16-10-4-3-5-11-16)20-15-9-7-13-18(20)22(24)26-2/h3-15H,1-2H3. The molecule has 0 aliphatic heterocycles. The van der Waals surface area contributed by atoms with Crippen LogP contribution in [0.3, 0.4) is 0 Å². The van der Waals surface area contributed by atoms with Crippen LogP contribution >= 0.6 is 7.92 Å². The summed E-state index contributed by atoms with van der Waals surface area (Å²) < 4.78 is 9.96. The van der Waals surface area contributed by atoms with Gasteiger partial charge in [0.2, 0.25) is 0 Å². The van der Waals surface area contributed by atoms with E-state index in [0.29, 0.717) is 11.1 Å². The number of carbonyl (C=O) groups excluding carboxylic acids is 2. The molecule has 3 aromatic carbocycles. The van der Waals surface area contributed by atoms with Crippen LogP contribution in [0.1, 0.15) is 20.7 Å². The van der Waals surface area contributed by atoms with Crippen LogP contribution in [0.5, 0.6) is 0 Å². The van der Waals surface area contributed by atoms with Crippen molar-refractivity contribution in [3.8, 4) is 0 Å². The Morgan fingerprint density at radius 1 is 0.630 bits per heavy atom. The van der Waals surface area contributed by atoms with Crippen LogP contribution in [0.2, 0.25) is 0 Å². The Morgan fingerprint density at radius 3 is 1.48 bits per heavy atom. The molecule has 0 saturated heterocycles. The fourth-order valence-corrected chi connectivity index (χ4v) is 5.46. The number of hydrogen-bond donors (Lipinski definition) is 0. The maximum absolute atomic E-state index is 12.4. The SMILES string of the molecule is COC(=O)c1ccccc1P(c1ccccc1)c1ccccc1C(=O)OC. The number of benzene rings is 3. The van der Waals surface area contributed by atoms with E-state index in [2.05, 4.69) is 0 Å². The lowest BCUT2D eigenvalue weighted by Crippen LogP contribution is -2.28. The number of methoxy groups -OCH3 is 2. The Bertz CT molecular complexity index is 894. The van der Waals surface area contributed by atoms with Crippen molar-refractivity contribution in [2.24, 2.45) is 0 Å². The van der Waals surface area contributed by atoms with Crippen molar-refractivity contribution in [1.29, 1.82) is 0 Å². The summed E-state index contributed by atoms with van der Waals surface area (Å²) in [6.45, 7) is 0. The highest BCUT2D eigenvalue weighted by molar-refractivity contribution is 7.80. The van der Waals surface area contributed by atoms with Gasteiger partial charge in [-0.25, -0.2) is 9.59 Å². The van der Waals surface area contributed by atoms with Crippen molar-refractivity contribution in [2.75, 3.05) is 14.2 Å². The van der Waals surface area contributed by atoms with E-state index < -0.39 is 19.9 Å². The number of ether oxygens (including phenoxy) is 2. The van der Waals surface area contributed by atoms with Crippen LogP contribution in [-0.4, -0.2) is 26.2 Å². The van der Waals surface area contributed by atoms with Crippen molar-refractivity contribution >= 4 is 35.8 Å². The molecular formula is C22H19O4P. The molecule has 0 heterocycles. The zero-order valence-corrected chi connectivity index (χ0v) is 16.0. The second-order valence-corrected chi connectivity index (χ2v) is 7.84. The van der Waals surface area contributed by atoms with Crippen LogP contribution in [0, 0.1) is 0 Å². The molecule has 0 unspecified atom stereocenters. The van der Waals surface area contributed by atoms with Crippen LogP contribution in [0.25, 0.3) is 0 Å². The van der Waals surface area contributed by atoms with Crippen LogP contribution in [-0.2, 0) is 9.47 Å². The molecule has 0 aliphatic rings. The maximum Gasteiger partial charge on any atom is 0.338 e. The molecule has 0 radical (unpaired) electrons. The van der Waals surface area contributed by atoms with Gasteiger partial charge in [-0.05, 0) is 36.0 Å². The Labute approximate surface area is 159 Å². The van der Waals surface area contributed by atoms with Crippen LogP contribution in [0.4, 0.5) is 0 Å². The molecule has 4 nitrogen and oxygen atoms in total. The average Bonchev–Trinajstić information content (AvgIpc) is 2.74. The lowest BCUT2D eigenvalue weighted by atomic mass is 10.2. The van der Waals surface area contributed by atoms with Gasteiger partial charge in [0.05, 0.1) is 25.3 Å². The van der Waals surface area contributed by atoms with Gasteiger partial charge in [0.15, 0.2) is 0 Å². The van der Waals surface area contributed by atoms with Gasteiger partial charge in [0, 0.05) is 0 Å². The molecule has 0 fully saturated rings. The largest absolute Gasteiger partial charge is 0.465 e. The Hall–Kier alpha value is -2.97. The van der Waals surface area contributed by atoms with E-state index >= 15 is 0 Å². The van der Waals surface area contributed by atoms with Crippen LogP contribution in [0.15, 0.2) is 78.9 Å². The lowest BCUT2D eigenvalue weighted by molar-refractivity contribution is 0.0593. The Balaban J connectivity index is 2.28. The van der Waals surface area contributed by atoms with Crippen molar-refractivity contribution in [2.45, 2.75) is 0 Å². The number of hydrogen-bond acceptors (Lipinski definition) is 4. The minimum atomic E-state index is -1.17. The molecule has 0 amide bonds. The van der Waals surface area contributed by atoms with Crippen molar-refractivity contribution in [3.05, 3.63) is 90.0 Å². The zero-order chi connectivity index (χ0) is 19.2. The summed E-state index contributed by atoms with van der Waals surface area (Å²) in [5.74, 6) is -0.797. The highest BCUT2D eigenvalue weighted by atomic mass is 31.1. The third kappa shape index (κ3) is 3.91. The summed E-state index contributed by atoms with van der Waals surface area (Å²) in [4.78, 5) is 24.7. The minimum Gasteiger partial charge on any atom is -0.465 e. The van der Waals surface area contributed by atoms with Gasteiger partial charge >= 0.3 is 11.9 Å². The van der Waals surface area contributed by atoms with Gasteiger partial charge in [-0.1, -0.05) is 66.7 Å². The van der Waals surface area contributed by atoms with Gasteiger partial charge in [-0.15, -0.1) is 0 Å². The van der Waals surface area contributed by atoms with E-state index in [1.807, 2.05) is 54.6 Å². The number of esters is 2. The Morgan fingerprint density at radius 2 is 1.04 bits per heavy atom. The first-order valence-electron chi connectivity index (χ1n) is 8.37. The van der Waals surface area contributed by atoms with Gasteiger partial charge in [0.25, 0.3) is 0 Å². The molecular weight excluding hydrogens is 359 g/mol. The topological polar surface area (TPSA) is 52.6 Å². The second kappa shape index (κ2) is 8.61. The van der Waals surface area contributed by atoms with E-state index in [9.17, 15) is 9.59 Å². The van der Waals surface area contributed by atoms with Gasteiger partial charge in [-0.3, -0.25) is 0 Å². The molecule has 0 bridgehead atoms. The summed E-state index contributed by atoms with van der Waals surface area (Å²) in [5.41, 5.74) is 0.990. The molecule has 5 heteroatoms. The van der Waals surface area contributed by atoms with Gasteiger partial charge in [-0.2, -0.15) is 0 Å². The lowest BCUT2D eigenvalue weighted by Gasteiger charge is -2.23. The quantitative estimate of drug-likeness (QED) is 0.506. The fourth-order valence-electron chi connectivity index (χ4n) is 2.89. The van der Waals surface area contributed by atoms with E-state index in [1.165, 1.54) is 14.2 Å². The summed E-state index contributed by atoms with van der Waals surface area (Å²) in [7, 11) is 1.57. The molecule has 3 rings (SSSR count). The molecule has 136 valence electrons. The summed E-state index contributed by atoms with van der Waals surface area (Å²) in [6.07, 6.45) is 0. The van der Waals surface area contributed by atoms with Gasteiger partial charge in [0.1, 0.15) is 0 Å². The molecule has 0 aliphatic carbocycles. The predicted molar refractivity (Wildman–Crippen MR) is 108 cm³/mol. The molecule has 0 N–H and O–H groups in total. The highest BCUT2D eigenvalue weighted by Gasteiger charge is 2.26. The molecule has 0 saturated carbocycles. The molecule has 0 spiro atoms. The molecule has 0 atom stereocenters. The second-order valence-electron chi connectivity index (χ2n) is 5.69. The monoisotopic (exact) mass is 378 g/mol. The predicted octanol–water partition coefficient (Wildman–Crippen LogP) is 3.02. The maximum atomic E-state index is 12.4. The van der Waals surface area contributed by atoms with Crippen molar-refractivity contribution in [1.82, 2.24) is 0 Å². The summed E-state index contributed by atoms with van der Waals surface area (Å²) >= 11 is 0. The summed E-state index contributed by atoms with van der Waals surface area (Å²) in [6, 6.07) is 24.6. The third-order valence-corrected chi connectivity index (χ3v) is 6.67. The van der Waals surface area contributed by atoms with Crippen LogP contribution < -0.4 is 15.9 Å². The molecule has 0 aromatic heterocycles. The summed E-state index contributed by atoms with van der Waals surface area (Å²) in [5, 5.41) is 2.70. The van der Waals surface area contributed by atoms with Crippen molar-refractivity contribution in [3.63, 3.8) is 0 Å². The average molecular weight is 378 g/mol. The fraction of sp³-hybridized carbons (Fsp3) is 0.0909. The van der Waals surface area contributed by atoms with E-state index in [0.717, 1.165) is 15.9 Å². The minimum absolute atomic E-state index is 0.399. The van der Waals surface area contributed by atoms with Gasteiger partial charge < -0.3 is 9.47 Å². The van der Waals surface area contributed by atoms with E-state index in [4.69, 9.17) is 9.47 Å². The first-order valence-corrected chi connectivity index (χ1v) is 9.71. The normalized spacial score (nSPS) is 10.5. The first kappa shape index (κ1) is 18.8. The number of carbonyl (C=O) groups is 2. The Kier molecular flexibility index (Phi) is 6.00. The van der Waals surface area contributed by atoms with E-state index in [-0.39, 0.29) is 0 Å². The third-order valence-electron chi connectivity index (χ3n) is 4.11. The van der Waals surface area contributed by atoms with E-state index in [1.54, 1.807) is 24.3 Å². The zero-order valence-electron chi connectivity index (χ0n) is 15.1. The number of rotatable bonds is 5. The molecule has 3 aromatic rings. The highest BCUT2D eigenvalue weighted by Crippen LogP contribution is 2.35. The first-order chi connectivity index (χ1) is 13.2.